The van der Waals surface area contributed by atoms with Crippen molar-refractivity contribution in [3.05, 3.63) is 64.7 Å². The van der Waals surface area contributed by atoms with Crippen molar-refractivity contribution in [1.29, 1.82) is 0 Å². The molecule has 0 bridgehead atoms. The lowest BCUT2D eigenvalue weighted by molar-refractivity contribution is -1.02. The van der Waals surface area contributed by atoms with Crippen LogP contribution in [0.1, 0.15) is 11.1 Å². The van der Waals surface area contributed by atoms with Gasteiger partial charge in [0.15, 0.2) is 6.54 Å². The van der Waals surface area contributed by atoms with Gasteiger partial charge in [-0.3, -0.25) is 4.79 Å². The number of carbonyl (C=O) groups excluding carboxylic acids is 1. The van der Waals surface area contributed by atoms with Crippen LogP contribution in [0.15, 0.2) is 53.6 Å². The second kappa shape index (κ2) is 10.2. The van der Waals surface area contributed by atoms with Crippen LogP contribution in [0.5, 0.6) is 5.75 Å². The normalized spacial score (nSPS) is 19.5. The number of piperazine rings is 1. The first-order valence-electron chi connectivity index (χ1n) is 9.50. The molecule has 0 unspecified atom stereocenters. The molecule has 2 aromatic carbocycles. The van der Waals surface area contributed by atoms with Gasteiger partial charge in [-0.1, -0.05) is 41.9 Å². The predicted octanol–water partition coefficient (Wildman–Crippen LogP) is -0.218. The highest BCUT2D eigenvalue weighted by molar-refractivity contribution is 6.31. The summed E-state index contributed by atoms with van der Waals surface area (Å²) in [5.74, 6) is 0.695. The summed E-state index contributed by atoms with van der Waals surface area (Å²) in [5.41, 5.74) is 4.68. The lowest BCUT2D eigenvalue weighted by Gasteiger charge is -2.29. The first-order valence-corrected chi connectivity index (χ1v) is 9.88. The largest absolute Gasteiger partial charge is 0.497 e. The number of nitrogens with zero attached hydrogens (tertiary/aromatic N) is 1. The van der Waals surface area contributed by atoms with Crippen molar-refractivity contribution in [2.45, 2.75) is 6.54 Å². The molecule has 1 heterocycles. The number of benzene rings is 2. The van der Waals surface area contributed by atoms with Gasteiger partial charge in [0, 0.05) is 10.6 Å². The van der Waals surface area contributed by atoms with Crippen molar-refractivity contribution in [2.24, 2.45) is 5.10 Å². The molecule has 1 amide bonds. The summed E-state index contributed by atoms with van der Waals surface area (Å²) in [6, 6.07) is 15.5. The fourth-order valence-corrected chi connectivity index (χ4v) is 3.59. The molecule has 1 aliphatic rings. The van der Waals surface area contributed by atoms with E-state index >= 15 is 0 Å². The van der Waals surface area contributed by atoms with Gasteiger partial charge in [0.2, 0.25) is 0 Å². The first kappa shape index (κ1) is 20.3. The first-order chi connectivity index (χ1) is 13.6. The van der Waals surface area contributed by atoms with Gasteiger partial charge in [0.1, 0.15) is 38.5 Å². The number of carbonyl (C=O) groups is 1. The molecule has 0 saturated carbocycles. The lowest BCUT2D eigenvalue weighted by Crippen LogP contribution is -3.28. The molecule has 6 nitrogen and oxygen atoms in total. The van der Waals surface area contributed by atoms with Crippen LogP contribution in [0.25, 0.3) is 0 Å². The van der Waals surface area contributed by atoms with Crippen molar-refractivity contribution in [1.82, 2.24) is 5.43 Å². The second-order valence-corrected chi connectivity index (χ2v) is 7.42. The van der Waals surface area contributed by atoms with Gasteiger partial charge in [-0.2, -0.15) is 5.10 Å². The third-order valence-corrected chi connectivity index (χ3v) is 5.34. The third-order valence-electron chi connectivity index (χ3n) is 4.97. The van der Waals surface area contributed by atoms with Crippen LogP contribution in [0, 0.1) is 0 Å². The highest BCUT2D eigenvalue weighted by atomic mass is 35.5. The Morgan fingerprint density at radius 2 is 1.89 bits per heavy atom. The fraction of sp³-hybridized carbons (Fsp3) is 0.333. The van der Waals surface area contributed by atoms with Crippen molar-refractivity contribution in [3.8, 4) is 5.75 Å². The molecular formula is C21H27ClN4O2+2. The van der Waals surface area contributed by atoms with E-state index in [1.165, 1.54) is 15.4 Å². The summed E-state index contributed by atoms with van der Waals surface area (Å²) in [6.07, 6.45) is 1.63. The van der Waals surface area contributed by atoms with E-state index < -0.39 is 0 Å². The van der Waals surface area contributed by atoms with Crippen molar-refractivity contribution in [2.75, 3.05) is 39.8 Å². The Labute approximate surface area is 170 Å². The van der Waals surface area contributed by atoms with E-state index in [2.05, 4.69) is 16.6 Å². The minimum Gasteiger partial charge on any atom is -0.497 e. The number of quaternary nitrogens is 2. The van der Waals surface area contributed by atoms with Gasteiger partial charge in [-0.05, 0) is 23.8 Å². The molecule has 0 atom stereocenters. The number of ether oxygens (including phenoxy) is 1. The molecule has 1 saturated heterocycles. The molecule has 148 valence electrons. The van der Waals surface area contributed by atoms with Crippen LogP contribution in [-0.2, 0) is 11.3 Å². The quantitative estimate of drug-likeness (QED) is 0.443. The Bertz CT molecular complexity index is 820. The number of hydrogen-bond donors (Lipinski definition) is 3. The molecule has 7 heteroatoms. The predicted molar refractivity (Wildman–Crippen MR) is 110 cm³/mol. The Morgan fingerprint density at radius 1 is 1.14 bits per heavy atom. The number of hydrogen-bond acceptors (Lipinski definition) is 3. The zero-order valence-electron chi connectivity index (χ0n) is 16.1. The molecule has 0 spiro atoms. The minimum absolute atomic E-state index is 0.0660. The SMILES string of the molecule is COc1cccc(C=NNC(=O)C[NH+]2CC[NH+](Cc3ccccc3Cl)CC2)c1. The zero-order chi connectivity index (χ0) is 19.8. The Balaban J connectivity index is 1.40. The summed E-state index contributed by atoms with van der Waals surface area (Å²) < 4.78 is 5.17. The summed E-state index contributed by atoms with van der Waals surface area (Å²) in [4.78, 5) is 14.9. The van der Waals surface area contributed by atoms with E-state index in [4.69, 9.17) is 16.3 Å². The maximum atomic E-state index is 12.1. The number of rotatable bonds is 7. The molecule has 0 radical (unpaired) electrons. The van der Waals surface area contributed by atoms with Crippen molar-refractivity contribution < 1.29 is 19.3 Å². The molecule has 3 rings (SSSR count). The zero-order valence-corrected chi connectivity index (χ0v) is 16.8. The van der Waals surface area contributed by atoms with Crippen molar-refractivity contribution >= 4 is 23.7 Å². The summed E-state index contributed by atoms with van der Waals surface area (Å²) in [5, 5.41) is 4.88. The monoisotopic (exact) mass is 402 g/mol. The lowest BCUT2D eigenvalue weighted by atomic mass is 10.2. The Morgan fingerprint density at radius 3 is 2.64 bits per heavy atom. The molecule has 28 heavy (non-hydrogen) atoms. The summed E-state index contributed by atoms with van der Waals surface area (Å²) >= 11 is 6.26. The van der Waals surface area contributed by atoms with E-state index in [9.17, 15) is 4.79 Å². The van der Waals surface area contributed by atoms with Crippen LogP contribution in [-0.4, -0.2) is 52.0 Å². The van der Waals surface area contributed by atoms with Gasteiger partial charge < -0.3 is 14.5 Å². The standard InChI is InChI=1S/C21H25ClN4O2/c1-28-19-7-4-5-17(13-19)14-23-24-21(27)16-26-11-9-25(10-12-26)15-18-6-2-3-8-20(18)22/h2-8,13-14H,9-12,15-16H2,1H3,(H,24,27)/p+2. The minimum atomic E-state index is -0.0660. The molecule has 0 aromatic heterocycles. The Hall–Kier alpha value is -2.41. The van der Waals surface area contributed by atoms with Gasteiger partial charge in [-0.15, -0.1) is 0 Å². The maximum Gasteiger partial charge on any atom is 0.295 e. The second-order valence-electron chi connectivity index (χ2n) is 7.01. The molecule has 3 N–H and O–H groups in total. The van der Waals surface area contributed by atoms with Crippen LogP contribution < -0.4 is 20.0 Å². The highest BCUT2D eigenvalue weighted by Crippen LogP contribution is 2.13. The average Bonchev–Trinajstić information content (AvgIpc) is 2.71. The van der Waals surface area contributed by atoms with Crippen molar-refractivity contribution in [3.63, 3.8) is 0 Å². The van der Waals surface area contributed by atoms with Crippen LogP contribution in [0.3, 0.4) is 0 Å². The smallest absolute Gasteiger partial charge is 0.295 e. The number of methoxy groups -OCH3 is 1. The summed E-state index contributed by atoms with van der Waals surface area (Å²) in [6.45, 7) is 5.36. The average molecular weight is 403 g/mol. The number of halogens is 1. The molecule has 2 aromatic rings. The van der Waals surface area contributed by atoms with Crippen LogP contribution in [0.4, 0.5) is 0 Å². The highest BCUT2D eigenvalue weighted by Gasteiger charge is 2.25. The van der Waals surface area contributed by atoms with Gasteiger partial charge in [0.25, 0.3) is 5.91 Å². The number of nitrogens with one attached hydrogen (secondary N) is 3. The number of hydrazone groups is 1. The molecule has 1 aliphatic heterocycles. The Kier molecular flexibility index (Phi) is 7.42. The topological polar surface area (TPSA) is 59.6 Å². The number of amides is 1. The molecule has 1 fully saturated rings. The van der Waals surface area contributed by atoms with Crippen LogP contribution in [0.2, 0.25) is 5.02 Å². The van der Waals surface area contributed by atoms with E-state index in [-0.39, 0.29) is 5.91 Å². The van der Waals surface area contributed by atoms with Gasteiger partial charge in [0.05, 0.1) is 13.3 Å². The molecular weight excluding hydrogens is 376 g/mol. The van der Waals surface area contributed by atoms with E-state index in [0.29, 0.717) is 6.54 Å². The van der Waals surface area contributed by atoms with Gasteiger partial charge >= 0.3 is 0 Å². The third kappa shape index (κ3) is 6.05. The van der Waals surface area contributed by atoms with E-state index in [1.807, 2.05) is 42.5 Å². The summed E-state index contributed by atoms with van der Waals surface area (Å²) in [7, 11) is 1.62. The van der Waals surface area contributed by atoms with Crippen LogP contribution >= 0.6 is 11.6 Å². The van der Waals surface area contributed by atoms with E-state index in [1.54, 1.807) is 13.3 Å². The van der Waals surface area contributed by atoms with E-state index in [0.717, 1.165) is 49.1 Å². The maximum absolute atomic E-state index is 12.1. The molecule has 0 aliphatic carbocycles. The fourth-order valence-electron chi connectivity index (χ4n) is 3.39. The van der Waals surface area contributed by atoms with Gasteiger partial charge in [-0.25, -0.2) is 5.43 Å².